The van der Waals surface area contributed by atoms with E-state index < -0.39 is 0 Å². The van der Waals surface area contributed by atoms with Gasteiger partial charge in [0.25, 0.3) is 5.91 Å². The lowest BCUT2D eigenvalue weighted by molar-refractivity contribution is 0.0663. The maximum Gasteiger partial charge on any atom is 0.257 e. The van der Waals surface area contributed by atoms with Gasteiger partial charge in [0.15, 0.2) is 0 Å². The summed E-state index contributed by atoms with van der Waals surface area (Å²) in [4.78, 5) is 14.6. The van der Waals surface area contributed by atoms with Crippen LogP contribution in [0.1, 0.15) is 41.7 Å². The highest BCUT2D eigenvalue weighted by atomic mass is 19.1. The molecule has 1 fully saturated rings. The minimum absolute atomic E-state index is 0.0768. The summed E-state index contributed by atoms with van der Waals surface area (Å²) in [6, 6.07) is 0.388. The standard InChI is InChI=1S/C15H21FN4O/c16-7-11(8-17)9-19-10-13-14(18-19)5-6-20(15(13)21)12-3-1-2-4-12/h7,10,12H,1-6,8-9,17H2/b11-7+. The highest BCUT2D eigenvalue weighted by Crippen LogP contribution is 2.28. The molecule has 114 valence electrons. The molecule has 2 aliphatic rings. The van der Waals surface area contributed by atoms with E-state index in [1.54, 1.807) is 10.9 Å². The van der Waals surface area contributed by atoms with Crippen LogP contribution in [0.4, 0.5) is 4.39 Å². The predicted octanol–water partition coefficient (Wildman–Crippen LogP) is 1.64. The second-order valence-corrected chi connectivity index (χ2v) is 5.85. The molecule has 6 heteroatoms. The van der Waals surface area contributed by atoms with Crippen LogP contribution in [0.5, 0.6) is 0 Å². The van der Waals surface area contributed by atoms with Crippen LogP contribution in [0.15, 0.2) is 18.1 Å². The number of amides is 1. The summed E-state index contributed by atoms with van der Waals surface area (Å²) in [5.41, 5.74) is 7.42. The topological polar surface area (TPSA) is 64.2 Å². The lowest BCUT2D eigenvalue weighted by Gasteiger charge is -2.31. The molecule has 1 amide bonds. The zero-order valence-corrected chi connectivity index (χ0v) is 12.1. The van der Waals surface area contributed by atoms with Crippen LogP contribution in [0.2, 0.25) is 0 Å². The van der Waals surface area contributed by atoms with Gasteiger partial charge >= 0.3 is 0 Å². The average Bonchev–Trinajstić information content (AvgIpc) is 3.14. The SMILES string of the molecule is NC/C(=C\F)Cn1cc2c(n1)CCN(C1CCCC1)C2=O. The molecule has 1 aromatic rings. The number of carbonyl (C=O) groups is 1. The monoisotopic (exact) mass is 292 g/mol. The van der Waals surface area contributed by atoms with Crippen LogP contribution in [0.25, 0.3) is 0 Å². The smallest absolute Gasteiger partial charge is 0.257 e. The second kappa shape index (κ2) is 5.97. The molecular weight excluding hydrogens is 271 g/mol. The fraction of sp³-hybridized carbons (Fsp3) is 0.600. The Hall–Kier alpha value is -1.69. The van der Waals surface area contributed by atoms with Crippen LogP contribution in [-0.4, -0.2) is 39.7 Å². The minimum Gasteiger partial charge on any atom is -0.335 e. The van der Waals surface area contributed by atoms with Gasteiger partial charge in [0.2, 0.25) is 0 Å². The number of halogens is 1. The summed E-state index contributed by atoms with van der Waals surface area (Å²) >= 11 is 0. The molecule has 0 aromatic carbocycles. The molecule has 0 radical (unpaired) electrons. The molecule has 0 bridgehead atoms. The number of aromatic nitrogens is 2. The maximum absolute atomic E-state index is 12.6. The summed E-state index contributed by atoms with van der Waals surface area (Å²) < 4.78 is 14.2. The van der Waals surface area contributed by atoms with E-state index >= 15 is 0 Å². The summed E-state index contributed by atoms with van der Waals surface area (Å²) in [6.45, 7) is 1.20. The first-order chi connectivity index (χ1) is 10.2. The third-order valence-corrected chi connectivity index (χ3v) is 4.47. The fourth-order valence-electron chi connectivity index (χ4n) is 3.30. The van der Waals surface area contributed by atoms with Crippen LogP contribution in [0, 0.1) is 0 Å². The number of carbonyl (C=O) groups excluding carboxylic acids is 1. The fourth-order valence-corrected chi connectivity index (χ4v) is 3.30. The molecule has 2 heterocycles. The van der Waals surface area contributed by atoms with Gasteiger partial charge in [-0.1, -0.05) is 12.8 Å². The first-order valence-corrected chi connectivity index (χ1v) is 7.58. The molecular formula is C15H21FN4O. The molecule has 2 N–H and O–H groups in total. The Labute approximate surface area is 123 Å². The van der Waals surface area contributed by atoms with E-state index in [9.17, 15) is 9.18 Å². The number of rotatable bonds is 4. The molecule has 1 aliphatic carbocycles. The normalized spacial score (nSPS) is 20.2. The number of nitrogens with two attached hydrogens (primary N) is 1. The zero-order chi connectivity index (χ0) is 14.8. The van der Waals surface area contributed by atoms with Gasteiger partial charge in [0.05, 0.1) is 24.1 Å². The first kappa shape index (κ1) is 14.3. The number of hydrogen-bond donors (Lipinski definition) is 1. The van der Waals surface area contributed by atoms with Crippen molar-refractivity contribution in [2.45, 2.75) is 44.7 Å². The molecule has 1 aliphatic heterocycles. The van der Waals surface area contributed by atoms with Crippen LogP contribution in [0.3, 0.4) is 0 Å². The van der Waals surface area contributed by atoms with Gasteiger partial charge in [-0.2, -0.15) is 5.10 Å². The Morgan fingerprint density at radius 2 is 2.24 bits per heavy atom. The molecule has 3 rings (SSSR count). The summed E-state index contributed by atoms with van der Waals surface area (Å²) in [7, 11) is 0. The highest BCUT2D eigenvalue weighted by molar-refractivity contribution is 5.96. The van der Waals surface area contributed by atoms with E-state index in [-0.39, 0.29) is 12.5 Å². The summed E-state index contributed by atoms with van der Waals surface area (Å²) in [5.74, 6) is 0.0768. The van der Waals surface area contributed by atoms with Crippen LogP contribution >= 0.6 is 0 Å². The van der Waals surface area contributed by atoms with Crippen molar-refractivity contribution in [3.8, 4) is 0 Å². The average molecular weight is 292 g/mol. The van der Waals surface area contributed by atoms with E-state index in [0.717, 1.165) is 31.5 Å². The van der Waals surface area contributed by atoms with E-state index in [4.69, 9.17) is 5.73 Å². The van der Waals surface area contributed by atoms with Crippen molar-refractivity contribution in [3.63, 3.8) is 0 Å². The van der Waals surface area contributed by atoms with Crippen molar-refractivity contribution in [2.24, 2.45) is 5.73 Å². The predicted molar refractivity (Wildman–Crippen MR) is 77.5 cm³/mol. The largest absolute Gasteiger partial charge is 0.335 e. The van der Waals surface area contributed by atoms with Crippen molar-refractivity contribution in [3.05, 3.63) is 29.4 Å². The third-order valence-electron chi connectivity index (χ3n) is 4.47. The van der Waals surface area contributed by atoms with Crippen molar-refractivity contribution in [2.75, 3.05) is 13.1 Å². The summed E-state index contributed by atoms with van der Waals surface area (Å²) in [5, 5.41) is 4.40. The molecule has 0 saturated heterocycles. The number of nitrogens with zero attached hydrogens (tertiary/aromatic N) is 3. The minimum atomic E-state index is 0.0768. The molecule has 5 nitrogen and oxygen atoms in total. The van der Waals surface area contributed by atoms with Crippen LogP contribution in [-0.2, 0) is 13.0 Å². The third kappa shape index (κ3) is 2.72. The van der Waals surface area contributed by atoms with Gasteiger partial charge in [0.1, 0.15) is 0 Å². The van der Waals surface area contributed by atoms with Crippen molar-refractivity contribution < 1.29 is 9.18 Å². The van der Waals surface area contributed by atoms with E-state index in [1.165, 1.54) is 12.8 Å². The Bertz CT molecular complexity index is 560. The summed E-state index contributed by atoms with van der Waals surface area (Å²) in [6.07, 6.45) is 7.67. The lowest BCUT2D eigenvalue weighted by atomic mass is 10.0. The quantitative estimate of drug-likeness (QED) is 0.917. The van der Waals surface area contributed by atoms with Gasteiger partial charge in [-0.15, -0.1) is 0 Å². The van der Waals surface area contributed by atoms with E-state index in [2.05, 4.69) is 5.10 Å². The van der Waals surface area contributed by atoms with Crippen molar-refractivity contribution in [1.82, 2.24) is 14.7 Å². The van der Waals surface area contributed by atoms with Crippen LogP contribution < -0.4 is 5.73 Å². The van der Waals surface area contributed by atoms with Gasteiger partial charge in [-0.25, -0.2) is 4.39 Å². The Morgan fingerprint density at radius 3 is 2.90 bits per heavy atom. The van der Waals surface area contributed by atoms with Gasteiger partial charge < -0.3 is 10.6 Å². The molecule has 1 saturated carbocycles. The number of hydrogen-bond acceptors (Lipinski definition) is 3. The van der Waals surface area contributed by atoms with Gasteiger partial charge in [0, 0.05) is 31.7 Å². The Balaban J connectivity index is 1.78. The molecule has 0 atom stereocenters. The Kier molecular flexibility index (Phi) is 4.05. The van der Waals surface area contributed by atoms with Crippen molar-refractivity contribution in [1.29, 1.82) is 0 Å². The van der Waals surface area contributed by atoms with Gasteiger partial charge in [-0.3, -0.25) is 9.48 Å². The second-order valence-electron chi connectivity index (χ2n) is 5.85. The first-order valence-electron chi connectivity index (χ1n) is 7.58. The molecule has 1 aromatic heterocycles. The van der Waals surface area contributed by atoms with E-state index in [0.29, 0.717) is 30.1 Å². The maximum atomic E-state index is 12.6. The molecule has 0 unspecified atom stereocenters. The van der Waals surface area contributed by atoms with Crippen molar-refractivity contribution >= 4 is 5.91 Å². The number of fused-ring (bicyclic) bond motifs is 1. The van der Waals surface area contributed by atoms with Gasteiger partial charge in [-0.05, 0) is 18.4 Å². The zero-order valence-electron chi connectivity index (χ0n) is 12.1. The lowest BCUT2D eigenvalue weighted by Crippen LogP contribution is -2.43. The molecule has 0 spiro atoms. The highest BCUT2D eigenvalue weighted by Gasteiger charge is 2.33. The Morgan fingerprint density at radius 1 is 1.48 bits per heavy atom. The molecule has 21 heavy (non-hydrogen) atoms. The van der Waals surface area contributed by atoms with E-state index in [1.807, 2.05) is 4.90 Å².